The highest BCUT2D eigenvalue weighted by Gasteiger charge is 2.47. The molecule has 1 heterocycles. The molecule has 1 aliphatic heterocycles. The molecule has 0 unspecified atom stereocenters. The minimum Gasteiger partial charge on any atom is -0.507 e. The second kappa shape index (κ2) is 9.08. The van der Waals surface area contributed by atoms with Gasteiger partial charge in [-0.1, -0.05) is 42.5 Å². The summed E-state index contributed by atoms with van der Waals surface area (Å²) in [5, 5.41) is 11.0. The van der Waals surface area contributed by atoms with E-state index >= 15 is 0 Å². The molecule has 166 valence electrons. The van der Waals surface area contributed by atoms with Gasteiger partial charge in [-0.25, -0.2) is 9.18 Å². The number of halogens is 1. The Morgan fingerprint density at radius 1 is 0.939 bits per heavy atom. The second-order valence-corrected chi connectivity index (χ2v) is 7.35. The number of carbonyl (C=O) groups is 3. The summed E-state index contributed by atoms with van der Waals surface area (Å²) in [6.45, 7) is 1.92. The fourth-order valence-corrected chi connectivity index (χ4v) is 3.78. The molecule has 1 fully saturated rings. The molecule has 0 radical (unpaired) electrons. The number of benzene rings is 3. The van der Waals surface area contributed by atoms with Crippen LogP contribution in [0.5, 0.6) is 0 Å². The zero-order valence-corrected chi connectivity index (χ0v) is 17.7. The highest BCUT2D eigenvalue weighted by Crippen LogP contribution is 2.42. The summed E-state index contributed by atoms with van der Waals surface area (Å²) in [5.41, 5.74) is 1.35. The van der Waals surface area contributed by atoms with Gasteiger partial charge >= 0.3 is 5.97 Å². The van der Waals surface area contributed by atoms with Crippen LogP contribution in [0.2, 0.25) is 0 Å². The number of carbonyl (C=O) groups excluding carboxylic acids is 3. The number of hydrogen-bond donors (Lipinski definition) is 1. The Hall–Kier alpha value is -4.26. The molecule has 3 aromatic carbocycles. The minimum atomic E-state index is -0.987. The van der Waals surface area contributed by atoms with Crippen LogP contribution in [0.25, 0.3) is 5.76 Å². The summed E-state index contributed by atoms with van der Waals surface area (Å²) in [4.78, 5) is 39.4. The SMILES string of the molecule is CCOC(=O)c1ccc(N2C(=O)C(=O)/C(=C(/O)c3ccccc3)[C@@H]2c2ccc(F)cc2)cc1. The number of aliphatic hydroxyl groups is 1. The van der Waals surface area contributed by atoms with Crippen LogP contribution in [-0.4, -0.2) is 29.4 Å². The first-order valence-corrected chi connectivity index (χ1v) is 10.3. The molecule has 7 heteroatoms. The maximum Gasteiger partial charge on any atom is 0.338 e. The standard InChI is InChI=1S/C26H20FNO5/c1-2-33-26(32)18-10-14-20(15-11-18)28-22(16-8-12-19(27)13-9-16)21(24(30)25(28)31)23(29)17-6-4-3-5-7-17/h3-15,22,29H,2H2,1H3/b23-21+/t22-/m0/s1. The molecule has 1 N–H and O–H groups in total. The Kier molecular flexibility index (Phi) is 6.04. The Balaban J connectivity index is 1.85. The highest BCUT2D eigenvalue weighted by atomic mass is 19.1. The van der Waals surface area contributed by atoms with Crippen molar-refractivity contribution in [3.8, 4) is 0 Å². The summed E-state index contributed by atoms with van der Waals surface area (Å²) in [6.07, 6.45) is 0. The van der Waals surface area contributed by atoms with E-state index in [1.54, 1.807) is 37.3 Å². The molecule has 1 amide bonds. The lowest BCUT2D eigenvalue weighted by atomic mass is 9.95. The Morgan fingerprint density at radius 2 is 1.58 bits per heavy atom. The molecule has 1 saturated heterocycles. The van der Waals surface area contributed by atoms with Crippen LogP contribution < -0.4 is 4.90 Å². The van der Waals surface area contributed by atoms with Crippen molar-refractivity contribution in [1.82, 2.24) is 0 Å². The number of aliphatic hydroxyl groups excluding tert-OH is 1. The molecule has 33 heavy (non-hydrogen) atoms. The van der Waals surface area contributed by atoms with Crippen molar-refractivity contribution in [2.24, 2.45) is 0 Å². The van der Waals surface area contributed by atoms with Crippen molar-refractivity contribution < 1.29 is 28.6 Å². The normalized spacial score (nSPS) is 17.3. The minimum absolute atomic E-state index is 0.104. The van der Waals surface area contributed by atoms with Crippen LogP contribution in [0.4, 0.5) is 10.1 Å². The fourth-order valence-electron chi connectivity index (χ4n) is 3.78. The molecule has 4 rings (SSSR count). The zero-order chi connectivity index (χ0) is 23.5. The molecule has 0 saturated carbocycles. The maximum atomic E-state index is 13.6. The number of ketones is 1. The molecule has 0 aliphatic carbocycles. The van der Waals surface area contributed by atoms with E-state index in [0.717, 1.165) is 0 Å². The molecule has 0 aromatic heterocycles. The zero-order valence-electron chi connectivity index (χ0n) is 17.7. The number of rotatable bonds is 5. The molecule has 1 aliphatic rings. The van der Waals surface area contributed by atoms with E-state index in [0.29, 0.717) is 22.4 Å². The van der Waals surface area contributed by atoms with E-state index in [9.17, 15) is 23.9 Å². The second-order valence-electron chi connectivity index (χ2n) is 7.35. The van der Waals surface area contributed by atoms with Crippen LogP contribution in [0.3, 0.4) is 0 Å². The first kappa shape index (κ1) is 22.0. The lowest BCUT2D eigenvalue weighted by Gasteiger charge is -2.25. The number of esters is 1. The van der Waals surface area contributed by atoms with Gasteiger partial charge in [0.2, 0.25) is 0 Å². The van der Waals surface area contributed by atoms with E-state index in [4.69, 9.17) is 4.74 Å². The molecular formula is C26H20FNO5. The third-order valence-electron chi connectivity index (χ3n) is 5.33. The van der Waals surface area contributed by atoms with Gasteiger partial charge in [0.05, 0.1) is 23.8 Å². The first-order chi connectivity index (χ1) is 15.9. The third kappa shape index (κ3) is 4.13. The number of hydrogen-bond acceptors (Lipinski definition) is 5. The summed E-state index contributed by atoms with van der Waals surface area (Å²) in [5.74, 6) is -3.01. The molecule has 6 nitrogen and oxygen atoms in total. The average molecular weight is 445 g/mol. The summed E-state index contributed by atoms with van der Waals surface area (Å²) >= 11 is 0. The Bertz CT molecular complexity index is 1230. The Labute approximate surface area is 189 Å². The van der Waals surface area contributed by atoms with Gasteiger partial charge in [-0.05, 0) is 48.9 Å². The lowest BCUT2D eigenvalue weighted by molar-refractivity contribution is -0.132. The molecule has 1 atom stereocenters. The van der Waals surface area contributed by atoms with Crippen molar-refractivity contribution in [3.63, 3.8) is 0 Å². The summed E-state index contributed by atoms with van der Waals surface area (Å²) in [6, 6.07) is 18.8. The van der Waals surface area contributed by atoms with Crippen LogP contribution in [0.1, 0.15) is 34.5 Å². The quantitative estimate of drug-likeness (QED) is 0.268. The largest absolute Gasteiger partial charge is 0.507 e. The van der Waals surface area contributed by atoms with Gasteiger partial charge in [-0.15, -0.1) is 0 Å². The lowest BCUT2D eigenvalue weighted by Crippen LogP contribution is -2.29. The summed E-state index contributed by atoms with van der Waals surface area (Å²) < 4.78 is 18.6. The van der Waals surface area contributed by atoms with Crippen molar-refractivity contribution in [3.05, 3.63) is 107 Å². The van der Waals surface area contributed by atoms with E-state index in [1.807, 2.05) is 0 Å². The number of anilines is 1. The Morgan fingerprint density at radius 3 is 2.18 bits per heavy atom. The van der Waals surface area contributed by atoms with Gasteiger partial charge in [0.25, 0.3) is 11.7 Å². The van der Waals surface area contributed by atoms with Gasteiger partial charge < -0.3 is 9.84 Å². The first-order valence-electron chi connectivity index (χ1n) is 10.3. The van der Waals surface area contributed by atoms with Gasteiger partial charge in [0.15, 0.2) is 0 Å². The predicted molar refractivity (Wildman–Crippen MR) is 120 cm³/mol. The highest BCUT2D eigenvalue weighted by molar-refractivity contribution is 6.51. The van der Waals surface area contributed by atoms with Crippen molar-refractivity contribution in [2.75, 3.05) is 11.5 Å². The van der Waals surface area contributed by atoms with E-state index in [1.165, 1.54) is 53.4 Å². The molecule has 3 aromatic rings. The molecule has 0 spiro atoms. The average Bonchev–Trinajstić information content (AvgIpc) is 3.10. The molecule has 0 bridgehead atoms. The van der Waals surface area contributed by atoms with Crippen molar-refractivity contribution >= 4 is 29.1 Å². The van der Waals surface area contributed by atoms with Crippen LogP contribution in [0, 0.1) is 5.82 Å². The number of nitrogens with zero attached hydrogens (tertiary/aromatic N) is 1. The summed E-state index contributed by atoms with van der Waals surface area (Å²) in [7, 11) is 0. The monoisotopic (exact) mass is 445 g/mol. The van der Waals surface area contributed by atoms with Crippen LogP contribution in [0.15, 0.2) is 84.4 Å². The van der Waals surface area contributed by atoms with Crippen LogP contribution in [-0.2, 0) is 14.3 Å². The molecular weight excluding hydrogens is 425 g/mol. The number of ether oxygens (including phenoxy) is 1. The predicted octanol–water partition coefficient (Wildman–Crippen LogP) is 4.63. The van der Waals surface area contributed by atoms with E-state index < -0.39 is 29.5 Å². The number of amides is 1. The van der Waals surface area contributed by atoms with E-state index in [-0.39, 0.29) is 17.9 Å². The van der Waals surface area contributed by atoms with Crippen LogP contribution >= 0.6 is 0 Å². The van der Waals surface area contributed by atoms with Gasteiger partial charge in [-0.2, -0.15) is 0 Å². The third-order valence-corrected chi connectivity index (χ3v) is 5.33. The van der Waals surface area contributed by atoms with Gasteiger partial charge in [0.1, 0.15) is 11.6 Å². The maximum absolute atomic E-state index is 13.6. The number of Topliss-reactive ketones (excluding diaryl/α,β-unsaturated/α-hetero) is 1. The van der Waals surface area contributed by atoms with E-state index in [2.05, 4.69) is 0 Å². The van der Waals surface area contributed by atoms with Gasteiger partial charge in [-0.3, -0.25) is 14.5 Å². The van der Waals surface area contributed by atoms with Crippen molar-refractivity contribution in [1.29, 1.82) is 0 Å². The van der Waals surface area contributed by atoms with Gasteiger partial charge in [0, 0.05) is 11.3 Å². The van der Waals surface area contributed by atoms with Crippen molar-refractivity contribution in [2.45, 2.75) is 13.0 Å². The topological polar surface area (TPSA) is 83.9 Å². The fraction of sp³-hybridized carbons (Fsp3) is 0.115. The smallest absolute Gasteiger partial charge is 0.338 e.